The van der Waals surface area contributed by atoms with Crippen molar-refractivity contribution in [1.82, 2.24) is 20.0 Å². The zero-order chi connectivity index (χ0) is 22.0. The molecule has 0 spiro atoms. The van der Waals surface area contributed by atoms with Crippen molar-refractivity contribution >= 4 is 23.3 Å². The number of carbonyl (C=O) groups is 1. The van der Waals surface area contributed by atoms with E-state index >= 15 is 0 Å². The van der Waals surface area contributed by atoms with Crippen molar-refractivity contribution in [3.05, 3.63) is 64.8 Å². The normalized spacial score (nSPS) is 14.6. The molecule has 1 fully saturated rings. The molecule has 2 aromatic carbocycles. The maximum Gasteiger partial charge on any atom is 0.324 e. The molecule has 4 rings (SSSR count). The van der Waals surface area contributed by atoms with E-state index in [1.54, 1.807) is 53.1 Å². The Morgan fingerprint density at radius 1 is 1.13 bits per heavy atom. The van der Waals surface area contributed by atoms with Gasteiger partial charge in [-0.3, -0.25) is 4.90 Å². The van der Waals surface area contributed by atoms with E-state index in [4.69, 9.17) is 16.0 Å². The van der Waals surface area contributed by atoms with Crippen LogP contribution in [-0.2, 0) is 6.54 Å². The number of halogens is 2. The van der Waals surface area contributed by atoms with E-state index in [0.29, 0.717) is 40.8 Å². The van der Waals surface area contributed by atoms with E-state index in [9.17, 15) is 9.18 Å². The molecule has 2 amide bonds. The van der Waals surface area contributed by atoms with E-state index in [1.165, 1.54) is 6.07 Å². The zero-order valence-electron chi connectivity index (χ0n) is 17.4. The zero-order valence-corrected chi connectivity index (χ0v) is 18.1. The van der Waals surface area contributed by atoms with Crippen molar-refractivity contribution in [3.63, 3.8) is 0 Å². The van der Waals surface area contributed by atoms with Crippen LogP contribution in [0.25, 0.3) is 11.5 Å². The van der Waals surface area contributed by atoms with Crippen molar-refractivity contribution in [3.8, 4) is 11.5 Å². The Hall–Kier alpha value is -2.97. The molecular weight excluding hydrogens is 421 g/mol. The molecule has 162 valence electrons. The number of nitrogens with zero attached hydrogens (tertiary/aromatic N) is 5. The number of urea groups is 1. The quantitative estimate of drug-likeness (QED) is 0.604. The molecule has 0 radical (unpaired) electrons. The second-order valence-electron chi connectivity index (χ2n) is 7.57. The van der Waals surface area contributed by atoms with Gasteiger partial charge in [0.15, 0.2) is 0 Å². The molecule has 3 aromatic rings. The van der Waals surface area contributed by atoms with Crippen molar-refractivity contribution in [2.75, 3.05) is 38.1 Å². The summed E-state index contributed by atoms with van der Waals surface area (Å²) in [5.41, 5.74) is 1.53. The average molecular weight is 444 g/mol. The summed E-state index contributed by atoms with van der Waals surface area (Å²) in [6, 6.07) is 11.5. The van der Waals surface area contributed by atoms with Gasteiger partial charge in [-0.05, 0) is 43.4 Å². The summed E-state index contributed by atoms with van der Waals surface area (Å²) in [5.74, 6) is 0.218. The average Bonchev–Trinajstić information content (AvgIpc) is 3.20. The number of anilines is 1. The fourth-order valence-corrected chi connectivity index (χ4v) is 3.58. The molecule has 31 heavy (non-hydrogen) atoms. The Morgan fingerprint density at radius 3 is 2.45 bits per heavy atom. The van der Waals surface area contributed by atoms with Crippen LogP contribution in [-0.4, -0.2) is 59.3 Å². The van der Waals surface area contributed by atoms with Crippen LogP contribution < -0.4 is 4.90 Å². The predicted octanol–water partition coefficient (Wildman–Crippen LogP) is 4.21. The van der Waals surface area contributed by atoms with Crippen molar-refractivity contribution in [2.45, 2.75) is 13.5 Å². The minimum absolute atomic E-state index is 0.0851. The summed E-state index contributed by atoms with van der Waals surface area (Å²) in [6.45, 7) is 4.60. The van der Waals surface area contributed by atoms with E-state index in [1.807, 2.05) is 7.05 Å². The van der Waals surface area contributed by atoms with Gasteiger partial charge in [0.2, 0.25) is 11.8 Å². The second-order valence-corrected chi connectivity index (χ2v) is 8.00. The molecular formula is C22H23ClFN5O2. The number of aromatic nitrogens is 2. The Labute approximate surface area is 185 Å². The molecule has 2 heterocycles. The molecule has 0 saturated carbocycles. The first-order valence-corrected chi connectivity index (χ1v) is 10.4. The number of benzene rings is 2. The molecule has 0 N–H and O–H groups in total. The number of likely N-dealkylation sites (N-methyl/N-ethyl adjacent to an activating group) is 1. The molecule has 9 heteroatoms. The number of rotatable bonds is 4. The fourth-order valence-electron chi connectivity index (χ4n) is 3.45. The Morgan fingerprint density at radius 2 is 1.84 bits per heavy atom. The SMILES string of the molecule is Cc1nnc(-c2ccc(CN(C(=O)N3CCN(C)CC3)c3ccc(Cl)cc3)c(F)c2)o1. The maximum atomic E-state index is 15.0. The fraction of sp³-hybridized carbons (Fsp3) is 0.318. The molecule has 1 aliphatic rings. The molecule has 0 atom stereocenters. The first-order chi connectivity index (χ1) is 14.9. The Bertz CT molecular complexity index is 1060. The third-order valence-electron chi connectivity index (χ3n) is 5.30. The van der Waals surface area contributed by atoms with E-state index in [-0.39, 0.29) is 18.5 Å². The summed E-state index contributed by atoms with van der Waals surface area (Å²) >= 11 is 6.02. The van der Waals surface area contributed by atoms with Gasteiger partial charge < -0.3 is 14.2 Å². The van der Waals surface area contributed by atoms with Crippen molar-refractivity contribution in [1.29, 1.82) is 0 Å². The highest BCUT2D eigenvalue weighted by Crippen LogP contribution is 2.26. The van der Waals surface area contributed by atoms with Gasteiger partial charge in [0.25, 0.3) is 0 Å². The summed E-state index contributed by atoms with van der Waals surface area (Å²) in [6.07, 6.45) is 0. The molecule has 1 aromatic heterocycles. The monoisotopic (exact) mass is 443 g/mol. The van der Waals surface area contributed by atoms with Gasteiger partial charge in [-0.25, -0.2) is 9.18 Å². The van der Waals surface area contributed by atoms with E-state index in [2.05, 4.69) is 15.1 Å². The number of piperazine rings is 1. The van der Waals surface area contributed by atoms with Crippen LogP contribution in [0.4, 0.5) is 14.9 Å². The number of hydrogen-bond donors (Lipinski definition) is 0. The lowest BCUT2D eigenvalue weighted by Gasteiger charge is -2.36. The minimum Gasteiger partial charge on any atom is -0.421 e. The number of carbonyl (C=O) groups excluding carboxylic acids is 1. The van der Waals surface area contributed by atoms with Crippen molar-refractivity contribution < 1.29 is 13.6 Å². The highest BCUT2D eigenvalue weighted by atomic mass is 35.5. The molecule has 0 aliphatic carbocycles. The predicted molar refractivity (Wildman–Crippen MR) is 117 cm³/mol. The van der Waals surface area contributed by atoms with Gasteiger partial charge in [0.1, 0.15) is 5.82 Å². The van der Waals surface area contributed by atoms with Crippen LogP contribution in [0.15, 0.2) is 46.9 Å². The van der Waals surface area contributed by atoms with Gasteiger partial charge in [0.05, 0.1) is 6.54 Å². The largest absolute Gasteiger partial charge is 0.421 e. The molecule has 0 unspecified atom stereocenters. The van der Waals surface area contributed by atoms with Gasteiger partial charge in [-0.2, -0.15) is 0 Å². The summed E-state index contributed by atoms with van der Waals surface area (Å²) in [5, 5.41) is 8.28. The lowest BCUT2D eigenvalue weighted by molar-refractivity contribution is 0.159. The number of amides is 2. The first-order valence-electron chi connectivity index (χ1n) is 10.00. The molecule has 1 aliphatic heterocycles. The second kappa shape index (κ2) is 9.03. The number of hydrogen-bond acceptors (Lipinski definition) is 5. The van der Waals surface area contributed by atoms with Gasteiger partial charge >= 0.3 is 6.03 Å². The number of aryl methyl sites for hydroxylation is 1. The van der Waals surface area contributed by atoms with Crippen LogP contribution in [0, 0.1) is 12.7 Å². The third-order valence-corrected chi connectivity index (χ3v) is 5.55. The first kappa shape index (κ1) is 21.3. The summed E-state index contributed by atoms with van der Waals surface area (Å²) in [7, 11) is 2.03. The smallest absolute Gasteiger partial charge is 0.324 e. The minimum atomic E-state index is -0.446. The standard InChI is InChI=1S/C22H23ClFN5O2/c1-15-25-26-21(31-15)16-3-4-17(20(24)13-16)14-29(19-7-5-18(23)6-8-19)22(30)28-11-9-27(2)10-12-28/h3-8,13H,9-12,14H2,1-2H3. The highest BCUT2D eigenvalue weighted by molar-refractivity contribution is 6.30. The van der Waals surface area contributed by atoms with Crippen molar-refractivity contribution in [2.24, 2.45) is 0 Å². The Balaban J connectivity index is 1.61. The van der Waals surface area contributed by atoms with Crippen LogP contribution in [0.3, 0.4) is 0 Å². The van der Waals surface area contributed by atoms with E-state index < -0.39 is 5.82 Å². The van der Waals surface area contributed by atoms with E-state index in [0.717, 1.165) is 13.1 Å². The third kappa shape index (κ3) is 4.86. The molecule has 7 nitrogen and oxygen atoms in total. The van der Waals surface area contributed by atoms with Crippen LogP contribution in [0.2, 0.25) is 5.02 Å². The maximum absolute atomic E-state index is 15.0. The summed E-state index contributed by atoms with van der Waals surface area (Å²) < 4.78 is 20.3. The topological polar surface area (TPSA) is 65.7 Å². The Kier molecular flexibility index (Phi) is 6.20. The van der Waals surface area contributed by atoms with Gasteiger partial charge in [-0.1, -0.05) is 17.7 Å². The van der Waals surface area contributed by atoms with Gasteiger partial charge in [0, 0.05) is 54.9 Å². The lowest BCUT2D eigenvalue weighted by atomic mass is 10.1. The lowest BCUT2D eigenvalue weighted by Crippen LogP contribution is -2.52. The molecule has 0 bridgehead atoms. The van der Waals surface area contributed by atoms with Crippen LogP contribution in [0.5, 0.6) is 0 Å². The molecule has 1 saturated heterocycles. The van der Waals surface area contributed by atoms with Gasteiger partial charge in [-0.15, -0.1) is 10.2 Å². The van der Waals surface area contributed by atoms with Crippen LogP contribution in [0.1, 0.15) is 11.5 Å². The van der Waals surface area contributed by atoms with Crippen LogP contribution >= 0.6 is 11.6 Å². The summed E-state index contributed by atoms with van der Waals surface area (Å²) in [4.78, 5) is 18.9. The highest BCUT2D eigenvalue weighted by Gasteiger charge is 2.26.